The number of carbonyl (C=O) groups is 1. The number of nitrogens with zero attached hydrogens (tertiary/aromatic N) is 3. The van der Waals surface area contributed by atoms with Crippen molar-refractivity contribution in [1.82, 2.24) is 14.8 Å². The number of aromatic nitrogens is 1. The molecule has 2 fully saturated rings. The molecule has 2 aromatic rings. The molecule has 1 aromatic heterocycles. The molecule has 2 aliphatic rings. The first kappa shape index (κ1) is 17.2. The summed E-state index contributed by atoms with van der Waals surface area (Å²) in [7, 11) is 0. The molecule has 1 amide bonds. The van der Waals surface area contributed by atoms with Gasteiger partial charge >= 0.3 is 0 Å². The normalized spacial score (nSPS) is 23.7. The van der Waals surface area contributed by atoms with Gasteiger partial charge in [0.2, 0.25) is 5.91 Å². The van der Waals surface area contributed by atoms with Crippen LogP contribution in [-0.4, -0.2) is 39.8 Å². The van der Waals surface area contributed by atoms with E-state index in [4.69, 9.17) is 0 Å². The Balaban J connectivity index is 1.42. The largest absolute Gasteiger partial charge is 0.335 e. The van der Waals surface area contributed by atoms with Gasteiger partial charge in [0, 0.05) is 44.8 Å². The zero-order valence-electron chi connectivity index (χ0n) is 14.9. The van der Waals surface area contributed by atoms with E-state index in [1.165, 1.54) is 12.1 Å². The van der Waals surface area contributed by atoms with Crippen molar-refractivity contribution in [3.8, 4) is 0 Å². The van der Waals surface area contributed by atoms with Crippen molar-refractivity contribution in [2.75, 3.05) is 13.1 Å². The molecule has 3 heterocycles. The first-order chi connectivity index (χ1) is 12.7. The highest BCUT2D eigenvalue weighted by Crippen LogP contribution is 2.32. The van der Waals surface area contributed by atoms with Gasteiger partial charge < -0.3 is 4.90 Å². The summed E-state index contributed by atoms with van der Waals surface area (Å²) in [5, 5.41) is 0. The Morgan fingerprint density at radius 3 is 2.69 bits per heavy atom. The molecule has 0 unspecified atom stereocenters. The second-order valence-corrected chi connectivity index (χ2v) is 7.36. The van der Waals surface area contributed by atoms with Crippen molar-refractivity contribution in [2.24, 2.45) is 5.92 Å². The van der Waals surface area contributed by atoms with E-state index in [9.17, 15) is 9.18 Å². The highest BCUT2D eigenvalue weighted by atomic mass is 19.1. The summed E-state index contributed by atoms with van der Waals surface area (Å²) in [5.74, 6) is 0.499. The van der Waals surface area contributed by atoms with Gasteiger partial charge in [-0.25, -0.2) is 4.39 Å². The molecule has 26 heavy (non-hydrogen) atoms. The fourth-order valence-corrected chi connectivity index (χ4v) is 4.28. The maximum Gasteiger partial charge on any atom is 0.223 e. The van der Waals surface area contributed by atoms with Gasteiger partial charge in [0.25, 0.3) is 0 Å². The van der Waals surface area contributed by atoms with Crippen LogP contribution in [0.3, 0.4) is 0 Å². The molecule has 0 spiro atoms. The van der Waals surface area contributed by atoms with Crippen molar-refractivity contribution in [2.45, 2.75) is 38.4 Å². The quantitative estimate of drug-likeness (QED) is 0.847. The van der Waals surface area contributed by atoms with Gasteiger partial charge in [-0.2, -0.15) is 0 Å². The summed E-state index contributed by atoms with van der Waals surface area (Å²) in [6.45, 7) is 3.44. The third-order valence-electron chi connectivity index (χ3n) is 5.61. The van der Waals surface area contributed by atoms with Crippen LogP contribution >= 0.6 is 0 Å². The Kier molecular flexibility index (Phi) is 4.98. The van der Waals surface area contributed by atoms with Gasteiger partial charge in [0.05, 0.1) is 5.69 Å². The minimum absolute atomic E-state index is 0.230. The fraction of sp³-hybridized carbons (Fsp3) is 0.429. The third kappa shape index (κ3) is 3.78. The number of piperidine rings is 2. The molecule has 2 atom stereocenters. The van der Waals surface area contributed by atoms with Crippen molar-refractivity contribution < 1.29 is 9.18 Å². The number of pyridine rings is 1. The number of likely N-dealkylation sites (tertiary alicyclic amines) is 2. The molecule has 4 rings (SSSR count). The van der Waals surface area contributed by atoms with Crippen LogP contribution in [0.15, 0.2) is 48.7 Å². The van der Waals surface area contributed by atoms with Crippen molar-refractivity contribution in [1.29, 1.82) is 0 Å². The second-order valence-electron chi connectivity index (χ2n) is 7.36. The minimum atomic E-state index is -0.237. The third-order valence-corrected chi connectivity index (χ3v) is 5.61. The van der Waals surface area contributed by atoms with Crippen LogP contribution < -0.4 is 0 Å². The van der Waals surface area contributed by atoms with Gasteiger partial charge in [-0.1, -0.05) is 18.2 Å². The molecular formula is C21H24FN3O. The standard InChI is InChI=1S/C21H24FN3O/c22-18-7-4-16(5-8-18)13-25-20-10-12-24(14-17(20)6-9-21(25)26)15-19-3-1-2-11-23-19/h1-5,7-8,11,17,20H,6,9-10,12-15H2/t17-,20+/m1/s1. The zero-order chi connectivity index (χ0) is 17.9. The monoisotopic (exact) mass is 353 g/mol. The van der Waals surface area contributed by atoms with E-state index in [1.54, 1.807) is 12.1 Å². The lowest BCUT2D eigenvalue weighted by molar-refractivity contribution is -0.142. The molecule has 136 valence electrons. The Labute approximate surface area is 153 Å². The van der Waals surface area contributed by atoms with E-state index >= 15 is 0 Å². The zero-order valence-corrected chi connectivity index (χ0v) is 14.9. The van der Waals surface area contributed by atoms with Crippen LogP contribution in [0.5, 0.6) is 0 Å². The number of rotatable bonds is 4. The van der Waals surface area contributed by atoms with Crippen LogP contribution in [0, 0.1) is 11.7 Å². The second kappa shape index (κ2) is 7.54. The van der Waals surface area contributed by atoms with E-state index in [2.05, 4.69) is 16.0 Å². The molecule has 0 N–H and O–H groups in total. The highest BCUT2D eigenvalue weighted by Gasteiger charge is 2.39. The van der Waals surface area contributed by atoms with E-state index in [0.29, 0.717) is 24.9 Å². The molecule has 5 heteroatoms. The van der Waals surface area contributed by atoms with Crippen LogP contribution in [0.25, 0.3) is 0 Å². The van der Waals surface area contributed by atoms with Gasteiger partial charge in [-0.15, -0.1) is 0 Å². The van der Waals surface area contributed by atoms with Gasteiger partial charge in [0.1, 0.15) is 5.82 Å². The Morgan fingerprint density at radius 2 is 1.92 bits per heavy atom. The van der Waals surface area contributed by atoms with E-state index in [0.717, 1.165) is 43.7 Å². The predicted molar refractivity (Wildman–Crippen MR) is 97.6 cm³/mol. The fourth-order valence-electron chi connectivity index (χ4n) is 4.28. The molecule has 4 nitrogen and oxygen atoms in total. The maximum atomic E-state index is 13.1. The Bertz CT molecular complexity index is 750. The molecule has 2 saturated heterocycles. The number of hydrogen-bond donors (Lipinski definition) is 0. The summed E-state index contributed by atoms with van der Waals surface area (Å²) in [4.78, 5) is 21.4. The van der Waals surface area contributed by atoms with Gasteiger partial charge in [-0.3, -0.25) is 14.7 Å². The SMILES string of the molecule is O=C1CC[C@@H]2CN(Cc3ccccn3)CC[C@@H]2N1Cc1ccc(F)cc1. The topological polar surface area (TPSA) is 36.4 Å². The number of amides is 1. The van der Waals surface area contributed by atoms with Crippen LogP contribution in [0.2, 0.25) is 0 Å². The lowest BCUT2D eigenvalue weighted by Gasteiger charge is -2.47. The average Bonchev–Trinajstić information content (AvgIpc) is 2.66. The van der Waals surface area contributed by atoms with Gasteiger partial charge in [-0.05, 0) is 48.6 Å². The number of carbonyl (C=O) groups excluding carboxylic acids is 1. The predicted octanol–water partition coefficient (Wildman–Crippen LogP) is 3.23. The highest BCUT2D eigenvalue weighted by molar-refractivity contribution is 5.77. The Hall–Kier alpha value is -2.27. The molecule has 0 saturated carbocycles. The molecule has 0 bridgehead atoms. The van der Waals surface area contributed by atoms with Crippen LogP contribution in [-0.2, 0) is 17.9 Å². The van der Waals surface area contributed by atoms with E-state index < -0.39 is 0 Å². The number of hydrogen-bond acceptors (Lipinski definition) is 3. The van der Waals surface area contributed by atoms with Crippen LogP contribution in [0.4, 0.5) is 4.39 Å². The molecule has 0 aliphatic carbocycles. The summed E-state index contributed by atoms with van der Waals surface area (Å²) in [5.41, 5.74) is 2.09. The molecule has 0 radical (unpaired) electrons. The Morgan fingerprint density at radius 1 is 1.08 bits per heavy atom. The summed E-state index contributed by atoms with van der Waals surface area (Å²) < 4.78 is 13.1. The van der Waals surface area contributed by atoms with Crippen molar-refractivity contribution in [3.05, 3.63) is 65.7 Å². The average molecular weight is 353 g/mol. The lowest BCUT2D eigenvalue weighted by atomic mass is 9.83. The first-order valence-electron chi connectivity index (χ1n) is 9.35. The summed E-state index contributed by atoms with van der Waals surface area (Å²) >= 11 is 0. The summed E-state index contributed by atoms with van der Waals surface area (Å²) in [6.07, 6.45) is 4.40. The maximum absolute atomic E-state index is 13.1. The number of halogens is 1. The lowest BCUT2D eigenvalue weighted by Crippen LogP contribution is -2.55. The van der Waals surface area contributed by atoms with Crippen molar-refractivity contribution in [3.63, 3.8) is 0 Å². The first-order valence-corrected chi connectivity index (χ1v) is 9.35. The smallest absolute Gasteiger partial charge is 0.223 e. The minimum Gasteiger partial charge on any atom is -0.335 e. The van der Waals surface area contributed by atoms with Crippen LogP contribution in [0.1, 0.15) is 30.5 Å². The molecule has 1 aromatic carbocycles. The summed E-state index contributed by atoms with van der Waals surface area (Å²) in [6, 6.07) is 12.8. The number of benzene rings is 1. The molecule has 2 aliphatic heterocycles. The number of fused-ring (bicyclic) bond motifs is 1. The van der Waals surface area contributed by atoms with E-state index in [-0.39, 0.29) is 11.7 Å². The van der Waals surface area contributed by atoms with E-state index in [1.807, 2.05) is 23.2 Å². The van der Waals surface area contributed by atoms with Crippen molar-refractivity contribution >= 4 is 5.91 Å². The van der Waals surface area contributed by atoms with Gasteiger partial charge in [0.15, 0.2) is 0 Å². The molecular weight excluding hydrogens is 329 g/mol.